The van der Waals surface area contributed by atoms with E-state index < -0.39 is 20.0 Å². The Hall–Kier alpha value is -1.90. The molecule has 0 aromatic heterocycles. The zero-order chi connectivity index (χ0) is 20.6. The molecule has 0 aliphatic carbocycles. The number of sulfonamides is 2. The van der Waals surface area contributed by atoms with Crippen molar-refractivity contribution in [2.45, 2.75) is 42.9 Å². The Morgan fingerprint density at radius 1 is 0.852 bits per heavy atom. The van der Waals surface area contributed by atoms with Crippen molar-refractivity contribution in [3.63, 3.8) is 0 Å². The van der Waals surface area contributed by atoms with Gasteiger partial charge in [0.05, 0.1) is 15.5 Å². The molecule has 2 rings (SSSR count). The predicted octanol–water partition coefficient (Wildman–Crippen LogP) is 3.34. The standard InChI is InChI=1S/C19H26N2O4S2/c1-14-7-10-17(27(24,25)21(5)6)13-18(14)20-26(22,23)16-11-8-15(9-12-16)19(2,3)4/h7-13,20H,1-6H3. The molecular formula is C19H26N2O4S2. The number of nitrogens with one attached hydrogen (secondary N) is 1. The van der Waals surface area contributed by atoms with E-state index in [2.05, 4.69) is 25.5 Å². The van der Waals surface area contributed by atoms with Gasteiger partial charge in [-0.05, 0) is 47.7 Å². The van der Waals surface area contributed by atoms with Gasteiger partial charge in [0.15, 0.2) is 0 Å². The molecule has 2 aromatic rings. The van der Waals surface area contributed by atoms with Gasteiger partial charge >= 0.3 is 0 Å². The number of benzene rings is 2. The van der Waals surface area contributed by atoms with Crippen LogP contribution in [0.2, 0.25) is 0 Å². The van der Waals surface area contributed by atoms with Crippen LogP contribution in [0.1, 0.15) is 31.9 Å². The minimum Gasteiger partial charge on any atom is -0.279 e. The van der Waals surface area contributed by atoms with E-state index in [-0.39, 0.29) is 20.9 Å². The molecule has 6 nitrogen and oxygen atoms in total. The molecule has 148 valence electrons. The first-order chi connectivity index (χ1) is 12.2. The van der Waals surface area contributed by atoms with E-state index in [1.165, 1.54) is 26.2 Å². The van der Waals surface area contributed by atoms with Gasteiger partial charge in [-0.1, -0.05) is 39.0 Å². The van der Waals surface area contributed by atoms with Crippen molar-refractivity contribution < 1.29 is 16.8 Å². The van der Waals surface area contributed by atoms with Crippen LogP contribution in [0.3, 0.4) is 0 Å². The fourth-order valence-electron chi connectivity index (χ4n) is 2.42. The van der Waals surface area contributed by atoms with Crippen molar-refractivity contribution in [2.24, 2.45) is 0 Å². The number of rotatable bonds is 5. The monoisotopic (exact) mass is 410 g/mol. The topological polar surface area (TPSA) is 83.6 Å². The van der Waals surface area contributed by atoms with Crippen LogP contribution < -0.4 is 4.72 Å². The van der Waals surface area contributed by atoms with Crippen molar-refractivity contribution in [3.05, 3.63) is 53.6 Å². The van der Waals surface area contributed by atoms with E-state index in [1.54, 1.807) is 37.3 Å². The first kappa shape index (κ1) is 21.4. The van der Waals surface area contributed by atoms with Crippen molar-refractivity contribution in [2.75, 3.05) is 18.8 Å². The van der Waals surface area contributed by atoms with E-state index in [9.17, 15) is 16.8 Å². The van der Waals surface area contributed by atoms with Crippen molar-refractivity contribution in [1.29, 1.82) is 0 Å². The van der Waals surface area contributed by atoms with Crippen LogP contribution in [0.5, 0.6) is 0 Å². The lowest BCUT2D eigenvalue weighted by Crippen LogP contribution is -2.22. The quantitative estimate of drug-likeness (QED) is 0.819. The Balaban J connectivity index is 2.41. The summed E-state index contributed by atoms with van der Waals surface area (Å²) in [5.74, 6) is 0. The highest BCUT2D eigenvalue weighted by atomic mass is 32.2. The summed E-state index contributed by atoms with van der Waals surface area (Å²) in [6.07, 6.45) is 0. The van der Waals surface area contributed by atoms with E-state index in [0.717, 1.165) is 9.87 Å². The number of anilines is 1. The third-order valence-electron chi connectivity index (χ3n) is 4.26. The Kier molecular flexibility index (Phi) is 5.75. The number of hydrogen-bond acceptors (Lipinski definition) is 4. The fourth-order valence-corrected chi connectivity index (χ4v) is 4.47. The lowest BCUT2D eigenvalue weighted by molar-refractivity contribution is 0.520. The zero-order valence-corrected chi connectivity index (χ0v) is 18.1. The molecule has 2 aromatic carbocycles. The number of hydrogen-bond donors (Lipinski definition) is 1. The SMILES string of the molecule is Cc1ccc(S(=O)(=O)N(C)C)cc1NS(=O)(=O)c1ccc(C(C)(C)C)cc1. The van der Waals surface area contributed by atoms with Crippen LogP contribution in [0.25, 0.3) is 0 Å². The van der Waals surface area contributed by atoms with Gasteiger partial charge in [0, 0.05) is 14.1 Å². The average Bonchev–Trinajstić information content (AvgIpc) is 2.55. The van der Waals surface area contributed by atoms with Crippen molar-refractivity contribution >= 4 is 25.7 Å². The third-order valence-corrected chi connectivity index (χ3v) is 7.46. The second kappa shape index (κ2) is 7.26. The summed E-state index contributed by atoms with van der Waals surface area (Å²) in [6, 6.07) is 11.1. The molecule has 27 heavy (non-hydrogen) atoms. The third kappa shape index (κ3) is 4.69. The fraction of sp³-hybridized carbons (Fsp3) is 0.368. The lowest BCUT2D eigenvalue weighted by Gasteiger charge is -2.19. The van der Waals surface area contributed by atoms with Gasteiger partial charge in [-0.15, -0.1) is 0 Å². The summed E-state index contributed by atoms with van der Waals surface area (Å²) in [5.41, 5.74) is 1.80. The largest absolute Gasteiger partial charge is 0.279 e. The van der Waals surface area contributed by atoms with E-state index in [4.69, 9.17) is 0 Å². The average molecular weight is 411 g/mol. The molecule has 0 unspecified atom stereocenters. The highest BCUT2D eigenvalue weighted by Gasteiger charge is 2.21. The minimum atomic E-state index is -3.84. The lowest BCUT2D eigenvalue weighted by atomic mass is 9.87. The molecule has 0 radical (unpaired) electrons. The van der Waals surface area contributed by atoms with Crippen LogP contribution in [0, 0.1) is 6.92 Å². The summed E-state index contributed by atoms with van der Waals surface area (Å²) < 4.78 is 53.7. The Morgan fingerprint density at radius 2 is 1.37 bits per heavy atom. The molecule has 0 aliphatic rings. The maximum Gasteiger partial charge on any atom is 0.261 e. The second-order valence-corrected chi connectivity index (χ2v) is 11.5. The molecule has 0 saturated heterocycles. The van der Waals surface area contributed by atoms with Gasteiger partial charge < -0.3 is 0 Å². The van der Waals surface area contributed by atoms with E-state index >= 15 is 0 Å². The zero-order valence-electron chi connectivity index (χ0n) is 16.4. The van der Waals surface area contributed by atoms with Gasteiger partial charge in [0.2, 0.25) is 10.0 Å². The first-order valence-electron chi connectivity index (χ1n) is 8.42. The van der Waals surface area contributed by atoms with Crippen molar-refractivity contribution in [3.8, 4) is 0 Å². The Bertz CT molecular complexity index is 1030. The van der Waals surface area contributed by atoms with E-state index in [1.807, 2.05) is 0 Å². The van der Waals surface area contributed by atoms with Gasteiger partial charge in [-0.25, -0.2) is 21.1 Å². The maximum atomic E-state index is 12.7. The number of aryl methyl sites for hydroxylation is 1. The summed E-state index contributed by atoms with van der Waals surface area (Å²) in [7, 11) is -4.65. The summed E-state index contributed by atoms with van der Waals surface area (Å²) in [4.78, 5) is 0.148. The first-order valence-corrected chi connectivity index (χ1v) is 11.3. The van der Waals surface area contributed by atoms with Gasteiger partial charge in [-0.3, -0.25) is 4.72 Å². The second-order valence-electron chi connectivity index (χ2n) is 7.64. The summed E-state index contributed by atoms with van der Waals surface area (Å²) >= 11 is 0. The Morgan fingerprint density at radius 3 is 1.85 bits per heavy atom. The van der Waals surface area contributed by atoms with Crippen LogP contribution in [0.4, 0.5) is 5.69 Å². The minimum absolute atomic E-state index is 0.0267. The highest BCUT2D eigenvalue weighted by Crippen LogP contribution is 2.26. The molecule has 0 fully saturated rings. The summed E-state index contributed by atoms with van der Waals surface area (Å²) in [6.45, 7) is 7.87. The van der Waals surface area contributed by atoms with Gasteiger partial charge in [0.25, 0.3) is 10.0 Å². The molecule has 1 N–H and O–H groups in total. The Labute approximate surface area is 162 Å². The van der Waals surface area contributed by atoms with Crippen LogP contribution in [-0.2, 0) is 25.5 Å². The molecule has 0 spiro atoms. The summed E-state index contributed by atoms with van der Waals surface area (Å²) in [5, 5.41) is 0. The molecule has 0 heterocycles. The molecular weight excluding hydrogens is 384 g/mol. The predicted molar refractivity (Wildman–Crippen MR) is 108 cm³/mol. The molecule has 0 bridgehead atoms. The highest BCUT2D eigenvalue weighted by molar-refractivity contribution is 7.92. The maximum absolute atomic E-state index is 12.7. The molecule has 0 aliphatic heterocycles. The van der Waals surface area contributed by atoms with Crippen molar-refractivity contribution in [1.82, 2.24) is 4.31 Å². The van der Waals surface area contributed by atoms with Crippen LogP contribution >= 0.6 is 0 Å². The molecule has 0 amide bonds. The normalized spacial score (nSPS) is 13.0. The molecule has 8 heteroatoms. The van der Waals surface area contributed by atoms with E-state index in [0.29, 0.717) is 5.56 Å². The smallest absolute Gasteiger partial charge is 0.261 e. The molecule has 0 saturated carbocycles. The van der Waals surface area contributed by atoms with Crippen LogP contribution in [-0.4, -0.2) is 35.2 Å². The molecule has 0 atom stereocenters. The van der Waals surface area contributed by atoms with Gasteiger partial charge in [0.1, 0.15) is 0 Å². The van der Waals surface area contributed by atoms with Gasteiger partial charge in [-0.2, -0.15) is 0 Å². The number of nitrogens with zero attached hydrogens (tertiary/aromatic N) is 1. The van der Waals surface area contributed by atoms with Crippen LogP contribution in [0.15, 0.2) is 52.3 Å².